The molecule has 1 amide bonds. The van der Waals surface area contributed by atoms with E-state index in [0.29, 0.717) is 21.3 Å². The maximum Gasteiger partial charge on any atom is 0.270 e. The number of anilines is 1. The molecule has 27 heavy (non-hydrogen) atoms. The van der Waals surface area contributed by atoms with Crippen molar-refractivity contribution in [3.63, 3.8) is 0 Å². The number of hydrogen-bond donors (Lipinski definition) is 0. The summed E-state index contributed by atoms with van der Waals surface area (Å²) >= 11 is 6.57. The highest BCUT2D eigenvalue weighted by atomic mass is 32.2. The molecule has 1 aromatic rings. The molecular weight excluding hydrogens is 380 g/mol. The Labute approximate surface area is 168 Å². The second kappa shape index (κ2) is 7.87. The van der Waals surface area contributed by atoms with E-state index in [1.54, 1.807) is 29.5 Å². The van der Waals surface area contributed by atoms with Crippen molar-refractivity contribution in [2.45, 2.75) is 33.1 Å². The summed E-state index contributed by atoms with van der Waals surface area (Å²) in [6.45, 7) is 5.90. The van der Waals surface area contributed by atoms with Gasteiger partial charge < -0.3 is 4.90 Å². The number of aromatic nitrogens is 1. The molecule has 0 atom stereocenters. The van der Waals surface area contributed by atoms with Crippen LogP contribution in [-0.2, 0) is 11.8 Å². The Morgan fingerprint density at radius 1 is 1.26 bits per heavy atom. The first-order valence-electron chi connectivity index (χ1n) is 9.04. The normalized spacial score (nSPS) is 19.1. The van der Waals surface area contributed by atoms with Crippen molar-refractivity contribution in [1.82, 2.24) is 9.47 Å². The molecule has 0 radical (unpaired) electrons. The van der Waals surface area contributed by atoms with Crippen LogP contribution in [0.15, 0.2) is 9.70 Å². The quantitative estimate of drug-likeness (QED) is 0.572. The summed E-state index contributed by atoms with van der Waals surface area (Å²) < 4.78 is 2.08. The van der Waals surface area contributed by atoms with Crippen molar-refractivity contribution < 1.29 is 4.79 Å². The van der Waals surface area contributed by atoms with Gasteiger partial charge in [-0.15, -0.1) is 0 Å². The number of thiocarbonyl (C=S) groups is 1. The monoisotopic (exact) mass is 402 g/mol. The van der Waals surface area contributed by atoms with E-state index in [4.69, 9.17) is 12.2 Å². The van der Waals surface area contributed by atoms with Crippen molar-refractivity contribution in [3.05, 3.63) is 31.9 Å². The fourth-order valence-electron chi connectivity index (χ4n) is 3.60. The molecule has 2 aliphatic rings. The molecule has 1 aromatic heterocycles. The smallest absolute Gasteiger partial charge is 0.270 e. The van der Waals surface area contributed by atoms with Gasteiger partial charge in [-0.25, -0.2) is 0 Å². The third-order valence-electron chi connectivity index (χ3n) is 5.09. The maximum absolute atomic E-state index is 12.7. The van der Waals surface area contributed by atoms with Crippen LogP contribution in [0.25, 0.3) is 6.08 Å². The van der Waals surface area contributed by atoms with Crippen molar-refractivity contribution >= 4 is 46.1 Å². The Kier molecular flexibility index (Phi) is 5.72. The van der Waals surface area contributed by atoms with E-state index in [1.165, 1.54) is 18.2 Å². The summed E-state index contributed by atoms with van der Waals surface area (Å²) in [5.41, 5.74) is 1.19. The van der Waals surface area contributed by atoms with E-state index < -0.39 is 0 Å². The molecule has 8 heteroatoms. The van der Waals surface area contributed by atoms with Crippen LogP contribution >= 0.6 is 24.0 Å². The van der Waals surface area contributed by atoms with Crippen molar-refractivity contribution in [2.24, 2.45) is 7.05 Å². The Morgan fingerprint density at radius 3 is 2.48 bits per heavy atom. The molecular formula is C19H22N4O2S2. The predicted octanol–water partition coefficient (Wildman–Crippen LogP) is 2.78. The summed E-state index contributed by atoms with van der Waals surface area (Å²) in [6.07, 6.45) is 5.09. The van der Waals surface area contributed by atoms with Gasteiger partial charge in [0, 0.05) is 32.2 Å². The number of rotatable bonds is 3. The lowest BCUT2D eigenvalue weighted by Gasteiger charge is -2.32. The zero-order chi connectivity index (χ0) is 19.7. The lowest BCUT2D eigenvalue weighted by Crippen LogP contribution is -2.36. The molecule has 0 N–H and O–H groups in total. The van der Waals surface area contributed by atoms with Gasteiger partial charge >= 0.3 is 0 Å². The summed E-state index contributed by atoms with van der Waals surface area (Å²) in [5.74, 6) is 0.654. The van der Waals surface area contributed by atoms with Crippen LogP contribution in [0, 0.1) is 18.3 Å². The molecule has 0 unspecified atom stereocenters. The van der Waals surface area contributed by atoms with Gasteiger partial charge in [0.25, 0.3) is 11.5 Å². The fourth-order valence-corrected chi connectivity index (χ4v) is 4.97. The highest BCUT2D eigenvalue weighted by Crippen LogP contribution is 2.35. The van der Waals surface area contributed by atoms with E-state index in [1.807, 2.05) is 13.0 Å². The highest BCUT2D eigenvalue weighted by molar-refractivity contribution is 8.26. The first-order valence-corrected chi connectivity index (χ1v) is 10.3. The Morgan fingerprint density at radius 2 is 1.93 bits per heavy atom. The number of carbonyl (C=O) groups is 1. The number of thioether (sulfide) groups is 1. The number of nitriles is 1. The molecule has 2 aliphatic heterocycles. The van der Waals surface area contributed by atoms with Gasteiger partial charge in [-0.2, -0.15) is 5.26 Å². The first kappa shape index (κ1) is 19.6. The zero-order valence-corrected chi connectivity index (χ0v) is 17.4. The zero-order valence-electron chi connectivity index (χ0n) is 15.7. The van der Waals surface area contributed by atoms with E-state index >= 15 is 0 Å². The predicted molar refractivity (Wildman–Crippen MR) is 113 cm³/mol. The molecule has 2 fully saturated rings. The Bertz CT molecular complexity index is 936. The summed E-state index contributed by atoms with van der Waals surface area (Å²) in [4.78, 5) is 29.6. The molecule has 0 spiro atoms. The molecule has 0 aliphatic carbocycles. The number of hydrogen-bond acceptors (Lipinski definition) is 6. The number of likely N-dealkylation sites (N-methyl/N-ethyl adjacent to an activating group) is 1. The molecule has 2 saturated heterocycles. The van der Waals surface area contributed by atoms with E-state index in [9.17, 15) is 14.9 Å². The van der Waals surface area contributed by atoms with Crippen LogP contribution in [0.1, 0.15) is 42.9 Å². The van der Waals surface area contributed by atoms with E-state index in [2.05, 4.69) is 4.90 Å². The average Bonchev–Trinajstić information content (AvgIpc) is 2.93. The third kappa shape index (κ3) is 3.42. The number of carbonyl (C=O) groups excluding carboxylic acids is 1. The molecule has 6 nitrogen and oxygen atoms in total. The highest BCUT2D eigenvalue weighted by Gasteiger charge is 2.32. The SMILES string of the molecule is CCN1C(=O)/C(=C/c2c(C)c(C#N)c(=O)n(C)c2N2CCCCC2)SC1=S. The van der Waals surface area contributed by atoms with Gasteiger partial charge in [0.05, 0.1) is 4.91 Å². The lowest BCUT2D eigenvalue weighted by atomic mass is 10.0. The number of amides is 1. The Hall–Kier alpha value is -2.11. The van der Waals surface area contributed by atoms with Crippen LogP contribution in [0.2, 0.25) is 0 Å². The van der Waals surface area contributed by atoms with Gasteiger partial charge in [0.15, 0.2) is 0 Å². The van der Waals surface area contributed by atoms with Crippen LogP contribution in [-0.4, -0.2) is 39.3 Å². The summed E-state index contributed by atoms with van der Waals surface area (Å²) in [7, 11) is 1.70. The third-order valence-corrected chi connectivity index (χ3v) is 6.47. The second-order valence-corrected chi connectivity index (χ2v) is 8.36. The number of pyridine rings is 1. The standard InChI is InChI=1S/C19H22N4O2S2/c1-4-23-18(25)15(27-19(23)26)10-13-12(2)14(11-20)17(24)21(3)16(13)22-8-6-5-7-9-22/h10H,4-9H2,1-3H3/b15-10-. The van der Waals surface area contributed by atoms with Crippen LogP contribution in [0.5, 0.6) is 0 Å². The van der Waals surface area contributed by atoms with Gasteiger partial charge in [-0.3, -0.25) is 19.1 Å². The minimum absolute atomic E-state index is 0.121. The van der Waals surface area contributed by atoms with Crippen molar-refractivity contribution in [3.8, 4) is 6.07 Å². The van der Waals surface area contributed by atoms with E-state index in [-0.39, 0.29) is 17.0 Å². The summed E-state index contributed by atoms with van der Waals surface area (Å²) in [5, 5.41) is 9.49. The largest absolute Gasteiger partial charge is 0.357 e. The van der Waals surface area contributed by atoms with Gasteiger partial charge in [-0.05, 0) is 44.7 Å². The molecule has 142 valence electrons. The molecule has 0 saturated carbocycles. The van der Waals surface area contributed by atoms with Crippen LogP contribution in [0.3, 0.4) is 0 Å². The molecule has 0 bridgehead atoms. The molecule has 3 rings (SSSR count). The average molecular weight is 403 g/mol. The number of piperidine rings is 1. The van der Waals surface area contributed by atoms with Gasteiger partial charge in [0.1, 0.15) is 21.8 Å². The maximum atomic E-state index is 12.7. The topological polar surface area (TPSA) is 69.3 Å². The van der Waals surface area contributed by atoms with Crippen molar-refractivity contribution in [1.29, 1.82) is 5.26 Å². The second-order valence-electron chi connectivity index (χ2n) is 6.69. The van der Waals surface area contributed by atoms with Crippen molar-refractivity contribution in [2.75, 3.05) is 24.5 Å². The first-order chi connectivity index (χ1) is 12.9. The minimum atomic E-state index is -0.297. The number of nitrogens with zero attached hydrogens (tertiary/aromatic N) is 4. The molecule has 0 aromatic carbocycles. The summed E-state index contributed by atoms with van der Waals surface area (Å²) in [6, 6.07) is 2.03. The Balaban J connectivity index is 2.22. The molecule has 3 heterocycles. The van der Waals surface area contributed by atoms with Crippen LogP contribution in [0.4, 0.5) is 5.82 Å². The van der Waals surface area contributed by atoms with E-state index in [0.717, 1.165) is 37.3 Å². The lowest BCUT2D eigenvalue weighted by molar-refractivity contribution is -0.121. The minimum Gasteiger partial charge on any atom is -0.357 e. The van der Waals surface area contributed by atoms with Gasteiger partial charge in [-0.1, -0.05) is 24.0 Å². The fraction of sp³-hybridized carbons (Fsp3) is 0.474. The van der Waals surface area contributed by atoms with Gasteiger partial charge in [0.2, 0.25) is 0 Å². The van der Waals surface area contributed by atoms with Crippen LogP contribution < -0.4 is 10.5 Å².